The zero-order valence-electron chi connectivity index (χ0n) is 14.2. The van der Waals surface area contributed by atoms with Gasteiger partial charge in [-0.2, -0.15) is 10.1 Å². The van der Waals surface area contributed by atoms with Crippen molar-refractivity contribution in [3.05, 3.63) is 64.6 Å². The summed E-state index contributed by atoms with van der Waals surface area (Å²) in [6.07, 6.45) is 3.39. The number of carbonyl (C=O) groups excluding carboxylic acids is 1. The third kappa shape index (κ3) is 4.12. The first-order valence-corrected chi connectivity index (χ1v) is 8.93. The molecule has 2 aromatic rings. The van der Waals surface area contributed by atoms with Crippen molar-refractivity contribution in [1.29, 1.82) is 0 Å². The van der Waals surface area contributed by atoms with Gasteiger partial charge in [-0.3, -0.25) is 4.79 Å². The number of carbonyl (C=O) groups is 1. The van der Waals surface area contributed by atoms with Crippen LogP contribution in [0.3, 0.4) is 0 Å². The first-order chi connectivity index (χ1) is 12.6. The van der Waals surface area contributed by atoms with E-state index in [0.717, 1.165) is 22.6 Å². The molecule has 0 unspecified atom stereocenters. The van der Waals surface area contributed by atoms with Gasteiger partial charge in [0.05, 0.1) is 25.3 Å². The van der Waals surface area contributed by atoms with Gasteiger partial charge in [0.1, 0.15) is 11.5 Å². The number of thiocarbonyl (C=S) groups is 1. The summed E-state index contributed by atoms with van der Waals surface area (Å²) in [5.41, 5.74) is 1.74. The quantitative estimate of drug-likeness (QED) is 0.444. The third-order valence-corrected chi connectivity index (χ3v) is 4.91. The predicted octanol–water partition coefficient (Wildman–Crippen LogP) is 3.94. The zero-order chi connectivity index (χ0) is 18.5. The minimum absolute atomic E-state index is 0.236. The van der Waals surface area contributed by atoms with Gasteiger partial charge >= 0.3 is 0 Å². The second-order valence-corrected chi connectivity index (χ2v) is 6.96. The number of nitrogens with zero attached hydrogens (tertiary/aromatic N) is 2. The van der Waals surface area contributed by atoms with E-state index in [2.05, 4.69) is 5.10 Å². The summed E-state index contributed by atoms with van der Waals surface area (Å²) >= 11 is 6.51. The van der Waals surface area contributed by atoms with Crippen LogP contribution in [0.4, 0.5) is 0 Å². The molecule has 0 aromatic heterocycles. The molecule has 0 atom stereocenters. The summed E-state index contributed by atoms with van der Waals surface area (Å²) in [5.74, 6) is 1.29. The van der Waals surface area contributed by atoms with Crippen molar-refractivity contribution in [1.82, 2.24) is 5.01 Å². The van der Waals surface area contributed by atoms with Crippen molar-refractivity contribution in [3.8, 4) is 11.5 Å². The molecule has 0 saturated carbocycles. The largest absolute Gasteiger partial charge is 0.497 e. The van der Waals surface area contributed by atoms with Crippen molar-refractivity contribution in [2.45, 2.75) is 0 Å². The van der Waals surface area contributed by atoms with Crippen LogP contribution in [-0.4, -0.2) is 35.7 Å². The van der Waals surface area contributed by atoms with Crippen molar-refractivity contribution >= 4 is 46.5 Å². The fraction of sp³-hybridized carbons (Fsp3) is 0.105. The smallest absolute Gasteiger partial charge is 0.286 e. The molecule has 1 saturated heterocycles. The summed E-state index contributed by atoms with van der Waals surface area (Å²) in [7, 11) is 3.22. The molecule has 0 bridgehead atoms. The molecule has 132 valence electrons. The zero-order valence-corrected chi connectivity index (χ0v) is 15.8. The van der Waals surface area contributed by atoms with Crippen LogP contribution in [0.1, 0.15) is 11.1 Å². The van der Waals surface area contributed by atoms with Gasteiger partial charge in [0.2, 0.25) is 0 Å². The van der Waals surface area contributed by atoms with Gasteiger partial charge in [-0.15, -0.1) is 0 Å². The number of thioether (sulfide) groups is 1. The standard InChI is InChI=1S/C19H16N2O3S2/c1-23-15-7-3-13(4-8-15)11-17-18(22)21(19(25)26-17)20-12-14-5-9-16(24-2)10-6-14/h3-12H,1-2H3/b17-11-,20-12-. The van der Waals surface area contributed by atoms with E-state index >= 15 is 0 Å². The summed E-state index contributed by atoms with van der Waals surface area (Å²) in [6, 6.07) is 14.8. The molecule has 1 fully saturated rings. The second kappa shape index (κ2) is 8.16. The van der Waals surface area contributed by atoms with E-state index in [4.69, 9.17) is 21.7 Å². The molecule has 5 nitrogen and oxygen atoms in total. The van der Waals surface area contributed by atoms with Gasteiger partial charge in [0.25, 0.3) is 5.91 Å². The van der Waals surface area contributed by atoms with Crippen LogP contribution in [0, 0.1) is 0 Å². The van der Waals surface area contributed by atoms with Crippen LogP contribution in [0.5, 0.6) is 11.5 Å². The highest BCUT2D eigenvalue weighted by molar-refractivity contribution is 8.26. The SMILES string of the molecule is COc1ccc(/C=N\N2C(=O)/C(=C/c3ccc(OC)cc3)SC2=S)cc1. The summed E-state index contributed by atoms with van der Waals surface area (Å²) in [6.45, 7) is 0. The molecule has 7 heteroatoms. The predicted molar refractivity (Wildman–Crippen MR) is 109 cm³/mol. The first-order valence-electron chi connectivity index (χ1n) is 7.71. The molecule has 1 aliphatic heterocycles. The molecule has 0 spiro atoms. The molecule has 0 aliphatic carbocycles. The van der Waals surface area contributed by atoms with Gasteiger partial charge in [-0.25, -0.2) is 0 Å². The van der Waals surface area contributed by atoms with Gasteiger partial charge in [-0.05, 0) is 65.8 Å². The molecule has 26 heavy (non-hydrogen) atoms. The van der Waals surface area contributed by atoms with E-state index in [9.17, 15) is 4.79 Å². The highest BCUT2D eigenvalue weighted by Gasteiger charge is 2.31. The number of hydrogen-bond donors (Lipinski definition) is 0. The maximum absolute atomic E-state index is 12.6. The number of benzene rings is 2. The van der Waals surface area contributed by atoms with E-state index in [0.29, 0.717) is 9.23 Å². The number of hydrazone groups is 1. The van der Waals surface area contributed by atoms with E-state index < -0.39 is 0 Å². The lowest BCUT2D eigenvalue weighted by atomic mass is 10.2. The Balaban J connectivity index is 1.75. The van der Waals surface area contributed by atoms with Crippen LogP contribution in [0.2, 0.25) is 0 Å². The maximum atomic E-state index is 12.6. The Kier molecular flexibility index (Phi) is 5.70. The number of methoxy groups -OCH3 is 2. The molecule has 1 amide bonds. The van der Waals surface area contributed by atoms with E-state index in [-0.39, 0.29) is 5.91 Å². The average Bonchev–Trinajstić information content (AvgIpc) is 2.94. The Morgan fingerprint density at radius 1 is 0.962 bits per heavy atom. The van der Waals surface area contributed by atoms with E-state index in [1.165, 1.54) is 16.8 Å². The van der Waals surface area contributed by atoms with Gasteiger partial charge in [0.15, 0.2) is 4.32 Å². The second-order valence-electron chi connectivity index (χ2n) is 5.28. The lowest BCUT2D eigenvalue weighted by Crippen LogP contribution is -2.22. The minimum atomic E-state index is -0.236. The number of ether oxygens (including phenoxy) is 2. The normalized spacial score (nSPS) is 15.9. The van der Waals surface area contributed by atoms with E-state index in [1.807, 2.05) is 48.5 Å². The Labute approximate surface area is 161 Å². The molecule has 1 heterocycles. The molecule has 0 N–H and O–H groups in total. The molecule has 2 aromatic carbocycles. The highest BCUT2D eigenvalue weighted by Crippen LogP contribution is 2.33. The number of hydrogen-bond acceptors (Lipinski definition) is 6. The van der Waals surface area contributed by atoms with Crippen LogP contribution >= 0.6 is 24.0 Å². The van der Waals surface area contributed by atoms with E-state index in [1.54, 1.807) is 26.5 Å². The fourth-order valence-corrected chi connectivity index (χ4v) is 3.40. The number of rotatable bonds is 5. The minimum Gasteiger partial charge on any atom is -0.497 e. The molecular formula is C19H16N2O3S2. The fourth-order valence-electron chi connectivity index (χ4n) is 2.22. The Morgan fingerprint density at radius 3 is 2.04 bits per heavy atom. The first kappa shape index (κ1) is 18.2. The van der Waals surface area contributed by atoms with Crippen molar-refractivity contribution in [2.75, 3.05) is 14.2 Å². The maximum Gasteiger partial charge on any atom is 0.286 e. The lowest BCUT2D eigenvalue weighted by Gasteiger charge is -2.06. The van der Waals surface area contributed by atoms with Crippen LogP contribution in [0.25, 0.3) is 6.08 Å². The molecular weight excluding hydrogens is 368 g/mol. The Bertz CT molecular complexity index is 875. The van der Waals surface area contributed by atoms with Crippen molar-refractivity contribution < 1.29 is 14.3 Å². The summed E-state index contributed by atoms with van der Waals surface area (Å²) in [4.78, 5) is 13.1. The lowest BCUT2D eigenvalue weighted by molar-refractivity contribution is -0.122. The summed E-state index contributed by atoms with van der Waals surface area (Å²) < 4.78 is 10.7. The highest BCUT2D eigenvalue weighted by atomic mass is 32.2. The Hall–Kier alpha value is -2.64. The van der Waals surface area contributed by atoms with Crippen LogP contribution < -0.4 is 9.47 Å². The summed E-state index contributed by atoms with van der Waals surface area (Å²) in [5, 5.41) is 5.46. The topological polar surface area (TPSA) is 51.1 Å². The monoisotopic (exact) mass is 384 g/mol. The average molecular weight is 384 g/mol. The molecule has 3 rings (SSSR count). The van der Waals surface area contributed by atoms with Gasteiger partial charge in [-0.1, -0.05) is 23.9 Å². The Morgan fingerprint density at radius 2 is 1.50 bits per heavy atom. The van der Waals surface area contributed by atoms with Gasteiger partial charge < -0.3 is 9.47 Å². The third-order valence-electron chi connectivity index (χ3n) is 3.63. The van der Waals surface area contributed by atoms with Crippen molar-refractivity contribution in [3.63, 3.8) is 0 Å². The van der Waals surface area contributed by atoms with Crippen LogP contribution in [0.15, 0.2) is 58.5 Å². The molecule has 1 aliphatic rings. The van der Waals surface area contributed by atoms with Crippen LogP contribution in [-0.2, 0) is 4.79 Å². The molecule has 0 radical (unpaired) electrons. The number of amides is 1. The van der Waals surface area contributed by atoms with Crippen molar-refractivity contribution in [2.24, 2.45) is 5.10 Å². The van der Waals surface area contributed by atoms with Gasteiger partial charge in [0, 0.05) is 0 Å².